The van der Waals surface area contributed by atoms with Gasteiger partial charge in [-0.1, -0.05) is 17.8 Å². The molecule has 0 atom stereocenters. The van der Waals surface area contributed by atoms with Gasteiger partial charge in [-0.15, -0.1) is 6.58 Å². The van der Waals surface area contributed by atoms with Gasteiger partial charge in [0.05, 0.1) is 5.75 Å². The minimum Gasteiger partial charge on any atom is -0.368 e. The van der Waals surface area contributed by atoms with Crippen LogP contribution in [0.15, 0.2) is 24.1 Å². The minimum absolute atomic E-state index is 0.0983. The smallest absolute Gasteiger partial charge is 0.230 e. The van der Waals surface area contributed by atoms with Crippen LogP contribution in [-0.4, -0.2) is 33.2 Å². The van der Waals surface area contributed by atoms with Crippen molar-refractivity contribution in [2.45, 2.75) is 5.16 Å². The molecule has 1 aromatic rings. The molecular formula is C8H11N5OS. The molecule has 0 aromatic carbocycles. The highest BCUT2D eigenvalue weighted by molar-refractivity contribution is 7.99. The Bertz CT molecular complexity index is 357. The number of hydrogen-bond acceptors (Lipinski definition) is 6. The van der Waals surface area contributed by atoms with Crippen molar-refractivity contribution in [3.63, 3.8) is 0 Å². The van der Waals surface area contributed by atoms with Crippen molar-refractivity contribution in [1.82, 2.24) is 20.3 Å². The molecule has 7 heteroatoms. The van der Waals surface area contributed by atoms with E-state index in [1.807, 2.05) is 0 Å². The number of hydrogen-bond donors (Lipinski definition) is 2. The van der Waals surface area contributed by atoms with Crippen molar-refractivity contribution in [2.75, 3.05) is 18.0 Å². The standard InChI is InChI=1S/C8H11N5OS/c1-2-3-10-6(14)4-15-8-12-5-11-7(9)13-8/h2,5H,1,3-4H2,(H,10,14)(H2,9,11,12,13). The summed E-state index contributed by atoms with van der Waals surface area (Å²) in [5, 5.41) is 3.08. The Morgan fingerprint density at radius 2 is 2.47 bits per heavy atom. The summed E-state index contributed by atoms with van der Waals surface area (Å²) < 4.78 is 0. The van der Waals surface area contributed by atoms with Crippen LogP contribution in [0, 0.1) is 0 Å². The average Bonchev–Trinajstić information content (AvgIpc) is 2.23. The van der Waals surface area contributed by atoms with Crippen LogP contribution in [0.5, 0.6) is 0 Å². The maximum absolute atomic E-state index is 11.2. The van der Waals surface area contributed by atoms with Gasteiger partial charge in [-0.3, -0.25) is 4.79 Å². The van der Waals surface area contributed by atoms with E-state index < -0.39 is 0 Å². The summed E-state index contributed by atoms with van der Waals surface area (Å²) in [5.74, 6) is 0.301. The van der Waals surface area contributed by atoms with Gasteiger partial charge in [-0.05, 0) is 0 Å². The highest BCUT2D eigenvalue weighted by Crippen LogP contribution is 2.10. The lowest BCUT2D eigenvalue weighted by atomic mass is 10.6. The molecule has 1 aromatic heterocycles. The second kappa shape index (κ2) is 5.97. The van der Waals surface area contributed by atoms with E-state index in [0.717, 1.165) is 0 Å². The van der Waals surface area contributed by atoms with Crippen LogP contribution < -0.4 is 11.1 Å². The molecule has 0 aliphatic carbocycles. The number of thioether (sulfide) groups is 1. The molecule has 80 valence electrons. The Hall–Kier alpha value is -1.63. The van der Waals surface area contributed by atoms with Gasteiger partial charge in [-0.2, -0.15) is 4.98 Å². The van der Waals surface area contributed by atoms with Crippen molar-refractivity contribution < 1.29 is 4.79 Å². The number of nitrogens with zero attached hydrogens (tertiary/aromatic N) is 3. The first-order valence-corrected chi connectivity index (χ1v) is 5.16. The molecule has 0 radical (unpaired) electrons. The van der Waals surface area contributed by atoms with Gasteiger partial charge >= 0.3 is 0 Å². The predicted molar refractivity (Wildman–Crippen MR) is 58.2 cm³/mol. The fourth-order valence-corrected chi connectivity index (χ4v) is 1.37. The summed E-state index contributed by atoms with van der Waals surface area (Å²) in [6, 6.07) is 0. The summed E-state index contributed by atoms with van der Waals surface area (Å²) in [5.41, 5.74) is 5.36. The largest absolute Gasteiger partial charge is 0.368 e. The first-order valence-electron chi connectivity index (χ1n) is 4.17. The van der Waals surface area contributed by atoms with Crippen molar-refractivity contribution in [2.24, 2.45) is 0 Å². The van der Waals surface area contributed by atoms with Gasteiger partial charge in [-0.25, -0.2) is 9.97 Å². The molecule has 0 bridgehead atoms. The Balaban J connectivity index is 2.36. The Morgan fingerprint density at radius 3 is 3.13 bits per heavy atom. The third-order valence-corrected chi connectivity index (χ3v) is 2.21. The van der Waals surface area contributed by atoms with E-state index in [1.165, 1.54) is 18.1 Å². The zero-order valence-corrected chi connectivity index (χ0v) is 8.83. The average molecular weight is 225 g/mol. The van der Waals surface area contributed by atoms with Crippen molar-refractivity contribution in [3.8, 4) is 0 Å². The molecule has 15 heavy (non-hydrogen) atoms. The molecule has 1 heterocycles. The molecular weight excluding hydrogens is 214 g/mol. The van der Waals surface area contributed by atoms with Crippen LogP contribution in [0.2, 0.25) is 0 Å². The van der Waals surface area contributed by atoms with Gasteiger partial charge in [0.2, 0.25) is 11.9 Å². The van der Waals surface area contributed by atoms with E-state index in [2.05, 4.69) is 26.8 Å². The van der Waals surface area contributed by atoms with Crippen LogP contribution in [0.25, 0.3) is 0 Å². The molecule has 0 unspecified atom stereocenters. The van der Waals surface area contributed by atoms with Crippen LogP contribution >= 0.6 is 11.8 Å². The predicted octanol–water partition coefficient (Wildman–Crippen LogP) is -0.152. The van der Waals surface area contributed by atoms with E-state index in [4.69, 9.17) is 5.73 Å². The molecule has 1 rings (SSSR count). The number of aromatic nitrogens is 3. The van der Waals surface area contributed by atoms with Gasteiger partial charge in [0.25, 0.3) is 0 Å². The molecule has 0 aliphatic rings. The van der Waals surface area contributed by atoms with Crippen molar-refractivity contribution in [3.05, 3.63) is 19.0 Å². The normalized spacial score (nSPS) is 9.60. The van der Waals surface area contributed by atoms with Crippen LogP contribution in [0.1, 0.15) is 0 Å². The highest BCUT2D eigenvalue weighted by atomic mass is 32.2. The number of amides is 1. The number of carbonyl (C=O) groups excluding carboxylic acids is 1. The second-order valence-corrected chi connectivity index (χ2v) is 3.45. The minimum atomic E-state index is -0.0983. The van der Waals surface area contributed by atoms with E-state index in [-0.39, 0.29) is 17.6 Å². The number of rotatable bonds is 5. The van der Waals surface area contributed by atoms with Gasteiger partial charge in [0.15, 0.2) is 5.16 Å². The first kappa shape index (κ1) is 11.4. The summed E-state index contributed by atoms with van der Waals surface area (Å²) in [4.78, 5) is 22.5. The summed E-state index contributed by atoms with van der Waals surface area (Å²) >= 11 is 1.20. The summed E-state index contributed by atoms with van der Waals surface area (Å²) in [7, 11) is 0. The molecule has 0 saturated carbocycles. The van der Waals surface area contributed by atoms with Crippen LogP contribution in [0.3, 0.4) is 0 Å². The summed E-state index contributed by atoms with van der Waals surface area (Å²) in [6.45, 7) is 3.95. The summed E-state index contributed by atoms with van der Waals surface area (Å²) in [6.07, 6.45) is 2.93. The lowest BCUT2D eigenvalue weighted by molar-refractivity contribution is -0.118. The Labute approximate surface area is 91.4 Å². The maximum atomic E-state index is 11.2. The molecule has 1 amide bonds. The molecule has 3 N–H and O–H groups in total. The third-order valence-electron chi connectivity index (χ3n) is 1.34. The van der Waals surface area contributed by atoms with E-state index >= 15 is 0 Å². The fourth-order valence-electron chi connectivity index (χ4n) is 0.730. The monoisotopic (exact) mass is 225 g/mol. The van der Waals surface area contributed by atoms with E-state index in [1.54, 1.807) is 6.08 Å². The SMILES string of the molecule is C=CCNC(=O)CSc1ncnc(N)n1. The zero-order chi connectivity index (χ0) is 11.1. The zero-order valence-electron chi connectivity index (χ0n) is 8.01. The number of anilines is 1. The van der Waals surface area contributed by atoms with E-state index in [0.29, 0.717) is 11.7 Å². The van der Waals surface area contributed by atoms with E-state index in [9.17, 15) is 4.79 Å². The lowest BCUT2D eigenvalue weighted by Gasteiger charge is -2.01. The molecule has 0 aliphatic heterocycles. The highest BCUT2D eigenvalue weighted by Gasteiger charge is 2.03. The first-order chi connectivity index (χ1) is 7.22. The lowest BCUT2D eigenvalue weighted by Crippen LogP contribution is -2.25. The Morgan fingerprint density at radius 1 is 1.67 bits per heavy atom. The molecule has 0 spiro atoms. The third kappa shape index (κ3) is 4.41. The second-order valence-electron chi connectivity index (χ2n) is 2.51. The molecule has 0 fully saturated rings. The molecule has 0 saturated heterocycles. The quantitative estimate of drug-likeness (QED) is 0.534. The number of carbonyl (C=O) groups is 1. The van der Waals surface area contributed by atoms with Crippen molar-refractivity contribution >= 4 is 23.6 Å². The number of nitrogens with one attached hydrogen (secondary N) is 1. The fraction of sp³-hybridized carbons (Fsp3) is 0.250. The number of nitrogen functional groups attached to an aromatic ring is 1. The van der Waals surface area contributed by atoms with Gasteiger partial charge < -0.3 is 11.1 Å². The number of nitrogens with two attached hydrogens (primary N) is 1. The molecule has 6 nitrogen and oxygen atoms in total. The van der Waals surface area contributed by atoms with Crippen LogP contribution in [-0.2, 0) is 4.79 Å². The van der Waals surface area contributed by atoms with Gasteiger partial charge in [0.1, 0.15) is 6.33 Å². The van der Waals surface area contributed by atoms with Crippen molar-refractivity contribution in [1.29, 1.82) is 0 Å². The van der Waals surface area contributed by atoms with Gasteiger partial charge in [0, 0.05) is 6.54 Å². The maximum Gasteiger partial charge on any atom is 0.230 e. The topological polar surface area (TPSA) is 93.8 Å². The Kier molecular flexibility index (Phi) is 4.55. The van der Waals surface area contributed by atoms with Crippen LogP contribution in [0.4, 0.5) is 5.95 Å².